The molecule has 3 rings (SSSR count). The number of carbonyl (C=O) groups excluding carboxylic acids is 1. The Morgan fingerprint density at radius 3 is 2.59 bits per heavy atom. The lowest BCUT2D eigenvalue weighted by atomic mass is 10.1. The topological polar surface area (TPSA) is 65.4 Å². The third-order valence-electron chi connectivity index (χ3n) is 4.87. The van der Waals surface area contributed by atoms with E-state index in [0.29, 0.717) is 26.2 Å². The van der Waals surface area contributed by atoms with Crippen LogP contribution in [0.3, 0.4) is 0 Å². The number of aryl methyl sites for hydroxylation is 1. The fourth-order valence-corrected chi connectivity index (χ4v) is 3.38. The second-order valence-corrected chi connectivity index (χ2v) is 6.91. The number of ether oxygens (including phenoxy) is 2. The molecule has 0 radical (unpaired) electrons. The Kier molecular flexibility index (Phi) is 6.75. The third-order valence-corrected chi connectivity index (χ3v) is 4.87. The summed E-state index contributed by atoms with van der Waals surface area (Å²) in [5, 5.41) is 8.66. The van der Waals surface area contributed by atoms with Crippen LogP contribution in [0.2, 0.25) is 0 Å². The number of hydrogen-bond acceptors (Lipinski definition) is 4. The molecule has 6 nitrogen and oxygen atoms in total. The first-order chi connectivity index (χ1) is 14.0. The first-order valence-electron chi connectivity index (χ1n) is 10.1. The summed E-state index contributed by atoms with van der Waals surface area (Å²) < 4.78 is 13.1. The minimum absolute atomic E-state index is 0.0470. The van der Waals surface area contributed by atoms with Crippen LogP contribution in [0.15, 0.2) is 42.5 Å². The van der Waals surface area contributed by atoms with Crippen molar-refractivity contribution in [3.8, 4) is 11.5 Å². The minimum Gasteiger partial charge on any atom is -0.490 e. The van der Waals surface area contributed by atoms with Gasteiger partial charge in [0.1, 0.15) is 6.04 Å². The Morgan fingerprint density at radius 1 is 1.10 bits per heavy atom. The van der Waals surface area contributed by atoms with Gasteiger partial charge in [-0.1, -0.05) is 24.3 Å². The van der Waals surface area contributed by atoms with Gasteiger partial charge < -0.3 is 14.8 Å². The predicted molar refractivity (Wildman–Crippen MR) is 115 cm³/mol. The van der Waals surface area contributed by atoms with Crippen molar-refractivity contribution in [2.24, 2.45) is 0 Å². The molecule has 6 heteroatoms. The number of hydrogen-bond donors (Lipinski definition) is 1. The summed E-state index contributed by atoms with van der Waals surface area (Å²) in [5.74, 6) is 1.44. The minimum atomic E-state index is -0.382. The molecule has 29 heavy (non-hydrogen) atoms. The van der Waals surface area contributed by atoms with Crippen molar-refractivity contribution < 1.29 is 14.3 Å². The van der Waals surface area contributed by atoms with E-state index in [4.69, 9.17) is 9.47 Å². The van der Waals surface area contributed by atoms with Crippen molar-refractivity contribution in [2.45, 2.75) is 40.2 Å². The molecule has 0 unspecified atom stereocenters. The second-order valence-electron chi connectivity index (χ2n) is 6.91. The zero-order valence-electron chi connectivity index (χ0n) is 17.6. The van der Waals surface area contributed by atoms with Gasteiger partial charge in [-0.15, -0.1) is 0 Å². The van der Waals surface area contributed by atoms with E-state index in [1.54, 1.807) is 4.68 Å². The van der Waals surface area contributed by atoms with Gasteiger partial charge in [-0.05, 0) is 57.9 Å². The highest BCUT2D eigenvalue weighted by molar-refractivity contribution is 5.86. The average molecular weight is 396 g/mol. The summed E-state index contributed by atoms with van der Waals surface area (Å²) >= 11 is 0. The molecule has 154 valence electrons. The first-order valence-corrected chi connectivity index (χ1v) is 10.1. The number of nitrogens with one attached hydrogen (secondary N) is 1. The van der Waals surface area contributed by atoms with Crippen LogP contribution in [-0.4, -0.2) is 35.4 Å². The summed E-state index contributed by atoms with van der Waals surface area (Å²) in [7, 11) is 0. The Labute approximate surface area is 171 Å². The van der Waals surface area contributed by atoms with Gasteiger partial charge in [0.15, 0.2) is 11.5 Å². The van der Waals surface area contributed by atoms with Crippen LogP contribution in [0.4, 0.5) is 0 Å². The molecule has 0 aliphatic rings. The van der Waals surface area contributed by atoms with Crippen LogP contribution in [0.25, 0.3) is 10.9 Å². The number of aromatic nitrogens is 2. The second kappa shape index (κ2) is 9.45. The van der Waals surface area contributed by atoms with Gasteiger partial charge in [-0.3, -0.25) is 9.48 Å². The highest BCUT2D eigenvalue weighted by Gasteiger charge is 2.19. The summed E-state index contributed by atoms with van der Waals surface area (Å²) in [6, 6.07) is 13.5. The van der Waals surface area contributed by atoms with Gasteiger partial charge in [0.05, 0.1) is 24.4 Å². The number of para-hydroxylation sites is 1. The Bertz CT molecular complexity index is 981. The van der Waals surface area contributed by atoms with E-state index in [1.165, 1.54) is 0 Å². The van der Waals surface area contributed by atoms with Crippen molar-refractivity contribution >= 4 is 16.8 Å². The lowest BCUT2D eigenvalue weighted by Crippen LogP contribution is -2.32. The first kappa shape index (κ1) is 20.7. The summed E-state index contributed by atoms with van der Waals surface area (Å²) in [6.45, 7) is 9.45. The van der Waals surface area contributed by atoms with Gasteiger partial charge in [-0.25, -0.2) is 0 Å². The number of rotatable bonds is 9. The summed E-state index contributed by atoms with van der Waals surface area (Å²) in [6.07, 6.45) is 0.712. The van der Waals surface area contributed by atoms with Gasteiger partial charge in [0.25, 0.3) is 0 Å². The van der Waals surface area contributed by atoms with Gasteiger partial charge in [0, 0.05) is 11.9 Å². The number of carbonyl (C=O) groups is 1. The molecule has 0 saturated carbocycles. The molecule has 3 aromatic rings. The van der Waals surface area contributed by atoms with Crippen LogP contribution < -0.4 is 14.8 Å². The zero-order chi connectivity index (χ0) is 20.8. The molecule has 0 saturated heterocycles. The molecule has 1 heterocycles. The predicted octanol–water partition coefficient (Wildman–Crippen LogP) is 4.06. The standard InChI is InChI=1S/C23H29N3O3/c1-5-28-21-12-11-18(15-22(21)29-6-2)13-14-24-23(27)17(4)26-20-10-8-7-9-19(20)16(3)25-26/h7-12,15,17H,5-6,13-14H2,1-4H3,(H,24,27)/t17-/m1/s1. The average Bonchev–Trinajstić information content (AvgIpc) is 3.06. The molecule has 0 aliphatic carbocycles. The third kappa shape index (κ3) is 4.70. The molecule has 0 spiro atoms. The van der Waals surface area contributed by atoms with Gasteiger partial charge in [0.2, 0.25) is 5.91 Å². The quantitative estimate of drug-likeness (QED) is 0.593. The number of nitrogens with zero attached hydrogens (tertiary/aromatic N) is 2. The van der Waals surface area contributed by atoms with Crippen LogP contribution in [0.1, 0.15) is 38.1 Å². The van der Waals surface area contributed by atoms with E-state index in [2.05, 4.69) is 10.4 Å². The highest BCUT2D eigenvalue weighted by Crippen LogP contribution is 2.28. The molecule has 1 amide bonds. The Balaban J connectivity index is 1.62. The molecule has 1 aromatic heterocycles. The van der Waals surface area contributed by atoms with E-state index < -0.39 is 0 Å². The highest BCUT2D eigenvalue weighted by atomic mass is 16.5. The van der Waals surface area contributed by atoms with E-state index in [0.717, 1.165) is 33.7 Å². The molecule has 0 aliphatic heterocycles. The normalized spacial score (nSPS) is 12.0. The molecule has 2 aromatic carbocycles. The van der Waals surface area contributed by atoms with Crippen LogP contribution >= 0.6 is 0 Å². The maximum atomic E-state index is 12.7. The van der Waals surface area contributed by atoms with Crippen molar-refractivity contribution in [3.63, 3.8) is 0 Å². The molecular weight excluding hydrogens is 366 g/mol. The van der Waals surface area contributed by atoms with Crippen LogP contribution in [0.5, 0.6) is 11.5 Å². The molecule has 1 atom stereocenters. The zero-order valence-corrected chi connectivity index (χ0v) is 17.6. The summed E-state index contributed by atoms with van der Waals surface area (Å²) in [5.41, 5.74) is 2.99. The van der Waals surface area contributed by atoms with Crippen molar-refractivity contribution in [1.29, 1.82) is 0 Å². The largest absolute Gasteiger partial charge is 0.490 e. The fourth-order valence-electron chi connectivity index (χ4n) is 3.38. The maximum absolute atomic E-state index is 12.7. The van der Waals surface area contributed by atoms with Crippen molar-refractivity contribution in [2.75, 3.05) is 19.8 Å². The lowest BCUT2D eigenvalue weighted by molar-refractivity contribution is -0.124. The SMILES string of the molecule is CCOc1ccc(CCNC(=O)[C@@H](C)n2nc(C)c3ccccc32)cc1OCC. The Morgan fingerprint density at radius 2 is 1.83 bits per heavy atom. The number of amides is 1. The van der Waals surface area contributed by atoms with Crippen molar-refractivity contribution in [1.82, 2.24) is 15.1 Å². The summed E-state index contributed by atoms with van der Waals surface area (Å²) in [4.78, 5) is 12.7. The number of fused-ring (bicyclic) bond motifs is 1. The van der Waals surface area contributed by atoms with Crippen molar-refractivity contribution in [3.05, 3.63) is 53.7 Å². The molecule has 0 bridgehead atoms. The smallest absolute Gasteiger partial charge is 0.244 e. The number of benzene rings is 2. The van der Waals surface area contributed by atoms with E-state index in [-0.39, 0.29) is 11.9 Å². The maximum Gasteiger partial charge on any atom is 0.244 e. The van der Waals surface area contributed by atoms with Crippen LogP contribution in [-0.2, 0) is 11.2 Å². The van der Waals surface area contributed by atoms with Crippen LogP contribution in [0, 0.1) is 6.92 Å². The monoisotopic (exact) mass is 395 g/mol. The van der Waals surface area contributed by atoms with Gasteiger partial charge in [-0.2, -0.15) is 5.10 Å². The van der Waals surface area contributed by atoms with E-state index >= 15 is 0 Å². The fraction of sp³-hybridized carbons (Fsp3) is 0.391. The molecule has 1 N–H and O–H groups in total. The Hall–Kier alpha value is -3.02. The molecule has 0 fully saturated rings. The van der Waals surface area contributed by atoms with Gasteiger partial charge >= 0.3 is 0 Å². The lowest BCUT2D eigenvalue weighted by Gasteiger charge is -2.15. The van der Waals surface area contributed by atoms with E-state index in [1.807, 2.05) is 70.2 Å². The van der Waals surface area contributed by atoms with E-state index in [9.17, 15) is 4.79 Å². The molecular formula is C23H29N3O3.